The Morgan fingerprint density at radius 2 is 2.16 bits per heavy atom. The lowest BCUT2D eigenvalue weighted by molar-refractivity contribution is -0.155. The first-order valence-electron chi connectivity index (χ1n) is 6.11. The van der Waals surface area contributed by atoms with E-state index in [0.29, 0.717) is 6.54 Å². The predicted molar refractivity (Wildman–Crippen MR) is 73.8 cm³/mol. The average molecular weight is 284 g/mol. The van der Waals surface area contributed by atoms with E-state index in [9.17, 15) is 14.7 Å². The number of nitrogens with zero attached hydrogens (tertiary/aromatic N) is 2. The maximum absolute atomic E-state index is 12.1. The van der Waals surface area contributed by atoms with Crippen LogP contribution in [0, 0.1) is 11.3 Å². The van der Waals surface area contributed by atoms with Crippen molar-refractivity contribution in [3.63, 3.8) is 0 Å². The molecule has 19 heavy (non-hydrogen) atoms. The molecule has 1 amide bonds. The minimum Gasteiger partial charge on any atom is -0.481 e. The molecule has 0 aliphatic carbocycles. The fourth-order valence-corrected chi connectivity index (χ4v) is 2.17. The van der Waals surface area contributed by atoms with E-state index in [4.69, 9.17) is 0 Å². The van der Waals surface area contributed by atoms with Crippen molar-refractivity contribution in [2.45, 2.75) is 33.7 Å². The van der Waals surface area contributed by atoms with Gasteiger partial charge in [-0.25, -0.2) is 4.98 Å². The summed E-state index contributed by atoms with van der Waals surface area (Å²) < 4.78 is 0. The molecule has 1 rings (SSSR count). The number of hydrogen-bond donors (Lipinski definition) is 1. The normalized spacial score (nSPS) is 14.2. The summed E-state index contributed by atoms with van der Waals surface area (Å²) in [7, 11) is 1.67. The number of carbonyl (C=O) groups is 2. The first-order chi connectivity index (χ1) is 8.77. The molecule has 0 radical (unpaired) electrons. The molecule has 1 N–H and O–H groups in total. The van der Waals surface area contributed by atoms with E-state index < -0.39 is 11.4 Å². The number of thiazole rings is 1. The second-order valence-electron chi connectivity index (χ2n) is 5.28. The van der Waals surface area contributed by atoms with Crippen molar-refractivity contribution in [1.82, 2.24) is 9.88 Å². The van der Waals surface area contributed by atoms with Crippen molar-refractivity contribution >= 4 is 23.2 Å². The quantitative estimate of drug-likeness (QED) is 0.869. The van der Waals surface area contributed by atoms with Crippen LogP contribution < -0.4 is 0 Å². The van der Waals surface area contributed by atoms with Crippen molar-refractivity contribution in [3.8, 4) is 0 Å². The van der Waals surface area contributed by atoms with Crippen LogP contribution in [-0.4, -0.2) is 33.9 Å². The Hall–Kier alpha value is -1.43. The molecule has 106 valence electrons. The number of carbonyl (C=O) groups excluding carboxylic acids is 1. The fourth-order valence-electron chi connectivity index (χ4n) is 1.62. The molecule has 0 saturated carbocycles. The Kier molecular flexibility index (Phi) is 5.05. The van der Waals surface area contributed by atoms with Crippen LogP contribution in [0.4, 0.5) is 0 Å². The van der Waals surface area contributed by atoms with Gasteiger partial charge < -0.3 is 10.0 Å². The molecular weight excluding hydrogens is 264 g/mol. The van der Waals surface area contributed by atoms with Crippen LogP contribution >= 0.6 is 11.3 Å². The van der Waals surface area contributed by atoms with Crippen molar-refractivity contribution < 1.29 is 14.7 Å². The molecule has 1 aromatic rings. The molecule has 0 aliphatic rings. The number of rotatable bonds is 6. The number of carboxylic acid groups (broad SMARTS) is 1. The zero-order chi connectivity index (χ0) is 14.6. The van der Waals surface area contributed by atoms with Crippen molar-refractivity contribution in [2.75, 3.05) is 7.05 Å². The maximum atomic E-state index is 12.1. The molecule has 1 heterocycles. The molecule has 0 aromatic carbocycles. The Morgan fingerprint density at radius 1 is 1.53 bits per heavy atom. The van der Waals surface area contributed by atoms with Crippen LogP contribution in [0.2, 0.25) is 0 Å². The highest BCUT2D eigenvalue weighted by atomic mass is 32.1. The summed E-state index contributed by atoms with van der Waals surface area (Å²) in [6, 6.07) is 0. The van der Waals surface area contributed by atoms with Crippen molar-refractivity contribution in [2.24, 2.45) is 11.3 Å². The van der Waals surface area contributed by atoms with Gasteiger partial charge >= 0.3 is 5.97 Å². The lowest BCUT2D eigenvalue weighted by Crippen LogP contribution is -2.39. The fraction of sp³-hybridized carbons (Fsp3) is 0.615. The molecule has 1 aromatic heterocycles. The highest BCUT2D eigenvalue weighted by Gasteiger charge is 2.39. The van der Waals surface area contributed by atoms with Crippen LogP contribution in [0.15, 0.2) is 10.9 Å². The minimum atomic E-state index is -1.03. The lowest BCUT2D eigenvalue weighted by atomic mass is 9.76. The minimum absolute atomic E-state index is 0.000632. The average Bonchev–Trinajstić information content (AvgIpc) is 2.80. The van der Waals surface area contributed by atoms with Crippen LogP contribution in [0.3, 0.4) is 0 Å². The number of hydrogen-bond acceptors (Lipinski definition) is 4. The Morgan fingerprint density at radius 3 is 2.58 bits per heavy atom. The van der Waals surface area contributed by atoms with Gasteiger partial charge in [-0.3, -0.25) is 9.59 Å². The van der Waals surface area contributed by atoms with Gasteiger partial charge in [0, 0.05) is 18.8 Å². The largest absolute Gasteiger partial charge is 0.481 e. The Bertz CT molecular complexity index is 445. The van der Waals surface area contributed by atoms with E-state index in [1.807, 2.05) is 19.2 Å². The zero-order valence-corrected chi connectivity index (χ0v) is 12.5. The summed E-state index contributed by atoms with van der Waals surface area (Å²) in [6.45, 7) is 5.67. The number of amides is 1. The molecular formula is C13H20N2O3S. The van der Waals surface area contributed by atoms with Gasteiger partial charge in [-0.1, -0.05) is 13.8 Å². The molecule has 0 spiro atoms. The van der Waals surface area contributed by atoms with E-state index in [2.05, 4.69) is 4.98 Å². The van der Waals surface area contributed by atoms with E-state index in [-0.39, 0.29) is 18.2 Å². The highest BCUT2D eigenvalue weighted by molar-refractivity contribution is 7.07. The van der Waals surface area contributed by atoms with E-state index >= 15 is 0 Å². The SMILES string of the molecule is CC(C)C(C)(CC(=O)N(C)Cc1cscn1)C(=O)O. The van der Waals surface area contributed by atoms with Gasteiger partial charge in [0.1, 0.15) is 0 Å². The van der Waals surface area contributed by atoms with Gasteiger partial charge in [-0.15, -0.1) is 11.3 Å². The Balaban J connectivity index is 2.69. The van der Waals surface area contributed by atoms with E-state index in [0.717, 1.165) is 5.69 Å². The standard InChI is InChI=1S/C13H20N2O3S/c1-9(2)13(3,12(17)18)5-11(16)15(4)6-10-7-19-8-14-10/h7-9H,5-6H2,1-4H3,(H,17,18). The van der Waals surface area contributed by atoms with Gasteiger partial charge in [0.15, 0.2) is 0 Å². The van der Waals surface area contributed by atoms with E-state index in [1.165, 1.54) is 16.2 Å². The monoisotopic (exact) mass is 284 g/mol. The van der Waals surface area contributed by atoms with Crippen LogP contribution in [0.1, 0.15) is 32.9 Å². The summed E-state index contributed by atoms with van der Waals surface area (Å²) in [5.41, 5.74) is 1.50. The van der Waals surface area contributed by atoms with Gasteiger partial charge in [0.2, 0.25) is 5.91 Å². The molecule has 1 atom stereocenters. The van der Waals surface area contributed by atoms with Crippen LogP contribution in [0.5, 0.6) is 0 Å². The Labute approximate surface area is 117 Å². The molecule has 5 nitrogen and oxygen atoms in total. The van der Waals surface area contributed by atoms with Crippen LogP contribution in [0.25, 0.3) is 0 Å². The molecule has 0 saturated heterocycles. The first kappa shape index (κ1) is 15.6. The third-order valence-electron chi connectivity index (χ3n) is 3.59. The van der Waals surface area contributed by atoms with Crippen LogP contribution in [-0.2, 0) is 16.1 Å². The van der Waals surface area contributed by atoms with Gasteiger partial charge in [-0.05, 0) is 12.8 Å². The number of carboxylic acids is 1. The molecule has 0 bridgehead atoms. The maximum Gasteiger partial charge on any atom is 0.310 e. The molecule has 0 fully saturated rings. The predicted octanol–water partition coefficient (Wildman–Crippen LogP) is 2.24. The van der Waals surface area contributed by atoms with Gasteiger partial charge in [0.05, 0.1) is 23.2 Å². The van der Waals surface area contributed by atoms with E-state index in [1.54, 1.807) is 19.5 Å². The molecule has 1 unspecified atom stereocenters. The lowest BCUT2D eigenvalue weighted by Gasteiger charge is -2.30. The first-order valence-corrected chi connectivity index (χ1v) is 7.06. The summed E-state index contributed by atoms with van der Waals surface area (Å²) in [5, 5.41) is 11.2. The summed E-state index contributed by atoms with van der Waals surface area (Å²) in [4.78, 5) is 29.1. The van der Waals surface area contributed by atoms with Gasteiger partial charge in [0.25, 0.3) is 0 Å². The summed E-state index contributed by atoms with van der Waals surface area (Å²) in [5.74, 6) is -1.22. The second kappa shape index (κ2) is 6.14. The molecule has 6 heteroatoms. The highest BCUT2D eigenvalue weighted by Crippen LogP contribution is 2.32. The van der Waals surface area contributed by atoms with Crippen molar-refractivity contribution in [1.29, 1.82) is 0 Å². The van der Waals surface area contributed by atoms with Crippen molar-refractivity contribution in [3.05, 3.63) is 16.6 Å². The third kappa shape index (κ3) is 3.76. The number of aliphatic carboxylic acids is 1. The smallest absolute Gasteiger partial charge is 0.310 e. The molecule has 0 aliphatic heterocycles. The van der Waals surface area contributed by atoms with Gasteiger partial charge in [-0.2, -0.15) is 0 Å². The zero-order valence-electron chi connectivity index (χ0n) is 11.7. The summed E-state index contributed by atoms with van der Waals surface area (Å²) >= 11 is 1.47. The topological polar surface area (TPSA) is 70.5 Å². The third-order valence-corrected chi connectivity index (χ3v) is 4.22. The number of aromatic nitrogens is 1. The second-order valence-corrected chi connectivity index (χ2v) is 6.00. The summed E-state index contributed by atoms with van der Waals surface area (Å²) in [6.07, 6.45) is 0.000632.